The van der Waals surface area contributed by atoms with Crippen LogP contribution in [0.25, 0.3) is 21.9 Å². The molecule has 0 fully saturated rings. The molecule has 0 saturated carbocycles. The largest absolute Gasteiger partial charge is 0.507 e. The van der Waals surface area contributed by atoms with Crippen molar-refractivity contribution in [3.63, 3.8) is 0 Å². The Morgan fingerprint density at radius 1 is 0.744 bits per heavy atom. The zero-order valence-corrected chi connectivity index (χ0v) is 19.8. The van der Waals surface area contributed by atoms with Crippen molar-refractivity contribution in [3.8, 4) is 16.9 Å². The number of fused-ring (bicyclic) bond motifs is 1. The first-order valence-corrected chi connectivity index (χ1v) is 11.4. The predicted octanol–water partition coefficient (Wildman–Crippen LogP) is 6.68. The second-order valence-corrected chi connectivity index (χ2v) is 8.78. The number of benzene rings is 4. The van der Waals surface area contributed by atoms with Gasteiger partial charge in [-0.25, -0.2) is 4.79 Å². The monoisotopic (exact) mass is 547 g/mol. The van der Waals surface area contributed by atoms with Gasteiger partial charge in [0, 0.05) is 6.42 Å². The lowest BCUT2D eigenvalue weighted by Crippen LogP contribution is -2.42. The van der Waals surface area contributed by atoms with Gasteiger partial charge in [0.2, 0.25) is 0 Å². The number of carbonyl (C=O) groups excluding carboxylic acids is 1. The summed E-state index contributed by atoms with van der Waals surface area (Å²) in [5.41, 5.74) is -2.98. The first-order valence-electron chi connectivity index (χ1n) is 11.4. The summed E-state index contributed by atoms with van der Waals surface area (Å²) in [6, 6.07) is 14.7. The van der Waals surface area contributed by atoms with Crippen LogP contribution in [0.5, 0.6) is 5.75 Å². The van der Waals surface area contributed by atoms with Gasteiger partial charge in [-0.05, 0) is 57.8 Å². The van der Waals surface area contributed by atoms with Gasteiger partial charge < -0.3 is 15.5 Å². The smallest absolute Gasteiger partial charge is 0.416 e. The number of aliphatic carboxylic acids is 1. The zero-order chi connectivity index (χ0) is 28.5. The number of carboxylic acids is 1. The maximum absolute atomic E-state index is 13.2. The number of rotatable bonds is 6. The second-order valence-electron chi connectivity index (χ2n) is 8.78. The van der Waals surface area contributed by atoms with Gasteiger partial charge in [-0.2, -0.15) is 26.3 Å². The number of carbonyl (C=O) groups is 2. The van der Waals surface area contributed by atoms with Crippen LogP contribution < -0.4 is 5.32 Å². The molecule has 39 heavy (non-hydrogen) atoms. The van der Waals surface area contributed by atoms with E-state index in [-0.39, 0.29) is 34.9 Å². The van der Waals surface area contributed by atoms with Gasteiger partial charge in [0.05, 0.1) is 16.7 Å². The molecule has 0 saturated heterocycles. The molecule has 4 aromatic carbocycles. The molecule has 202 valence electrons. The summed E-state index contributed by atoms with van der Waals surface area (Å²) in [7, 11) is 0. The van der Waals surface area contributed by atoms with Crippen LogP contribution >= 0.6 is 0 Å². The van der Waals surface area contributed by atoms with Crippen molar-refractivity contribution >= 4 is 22.6 Å². The molecule has 0 aliphatic carbocycles. The van der Waals surface area contributed by atoms with Crippen molar-refractivity contribution in [2.45, 2.75) is 24.8 Å². The third kappa shape index (κ3) is 6.31. The minimum atomic E-state index is -5.00. The summed E-state index contributed by atoms with van der Waals surface area (Å²) in [4.78, 5) is 24.6. The summed E-state index contributed by atoms with van der Waals surface area (Å²) >= 11 is 0. The fraction of sp³-hybridized carbons (Fsp3) is 0.143. The van der Waals surface area contributed by atoms with Crippen molar-refractivity contribution in [3.05, 3.63) is 101 Å². The number of aromatic hydroxyl groups is 1. The molecule has 11 heteroatoms. The van der Waals surface area contributed by atoms with Gasteiger partial charge in [-0.1, -0.05) is 48.5 Å². The average molecular weight is 547 g/mol. The SMILES string of the molecule is O=C(N[C@@H](Cc1ccc(-c2cc(C(F)(F)F)cc(C(F)(F)F)c2)cc1)C(=O)O)c1cc2ccccc2cc1O. The number of amides is 1. The highest BCUT2D eigenvalue weighted by Gasteiger charge is 2.37. The molecule has 4 aromatic rings. The van der Waals surface area contributed by atoms with E-state index in [1.807, 2.05) is 0 Å². The highest BCUT2D eigenvalue weighted by atomic mass is 19.4. The quantitative estimate of drug-likeness (QED) is 0.235. The molecule has 0 aliphatic rings. The van der Waals surface area contributed by atoms with E-state index in [1.54, 1.807) is 24.3 Å². The number of hydrogen-bond donors (Lipinski definition) is 3. The van der Waals surface area contributed by atoms with E-state index in [9.17, 15) is 46.1 Å². The van der Waals surface area contributed by atoms with Gasteiger partial charge in [0.25, 0.3) is 5.91 Å². The lowest BCUT2D eigenvalue weighted by Gasteiger charge is -2.16. The lowest BCUT2D eigenvalue weighted by molar-refractivity contribution is -0.143. The second kappa shape index (κ2) is 10.3. The topological polar surface area (TPSA) is 86.6 Å². The van der Waals surface area contributed by atoms with Crippen LogP contribution in [0.4, 0.5) is 26.3 Å². The average Bonchev–Trinajstić information content (AvgIpc) is 2.87. The number of alkyl halides is 6. The Morgan fingerprint density at radius 3 is 1.79 bits per heavy atom. The summed E-state index contributed by atoms with van der Waals surface area (Å²) in [5.74, 6) is -2.58. The van der Waals surface area contributed by atoms with Gasteiger partial charge >= 0.3 is 18.3 Å². The lowest BCUT2D eigenvalue weighted by atomic mass is 9.97. The fourth-order valence-electron chi connectivity index (χ4n) is 4.04. The molecule has 0 aliphatic heterocycles. The van der Waals surface area contributed by atoms with E-state index in [4.69, 9.17) is 0 Å². The summed E-state index contributed by atoms with van der Waals surface area (Å²) in [6.07, 6.45) is -10.2. The standard InChI is InChI=1S/C28H19F6NO4/c29-27(30,31)20-10-19(11-21(14-20)28(32,33)34)16-7-5-15(6-8-16)9-23(26(38)39)35-25(37)22-12-17-3-1-2-4-18(17)13-24(22)36/h1-8,10-14,23,36H,9H2,(H,35,37)(H,38,39)/t23-/m0/s1. The van der Waals surface area contributed by atoms with Gasteiger partial charge in [0.15, 0.2) is 0 Å². The molecule has 0 aromatic heterocycles. The maximum atomic E-state index is 13.2. The summed E-state index contributed by atoms with van der Waals surface area (Å²) in [5, 5.41) is 23.5. The van der Waals surface area contributed by atoms with Gasteiger partial charge in [-0.15, -0.1) is 0 Å². The normalized spacial score (nSPS) is 12.8. The van der Waals surface area contributed by atoms with Crippen molar-refractivity contribution in [1.29, 1.82) is 0 Å². The summed E-state index contributed by atoms with van der Waals surface area (Å²) < 4.78 is 79.1. The fourth-order valence-corrected chi connectivity index (χ4v) is 4.04. The van der Waals surface area contributed by atoms with E-state index in [1.165, 1.54) is 36.4 Å². The van der Waals surface area contributed by atoms with Crippen molar-refractivity contribution in [1.82, 2.24) is 5.32 Å². The maximum Gasteiger partial charge on any atom is 0.416 e. The van der Waals surface area contributed by atoms with Crippen LogP contribution in [-0.2, 0) is 23.6 Å². The molecule has 1 atom stereocenters. The van der Waals surface area contributed by atoms with Gasteiger partial charge in [0.1, 0.15) is 11.8 Å². The Bertz CT molecular complexity index is 1510. The number of carboxylic acid groups (broad SMARTS) is 1. The number of halogens is 6. The van der Waals surface area contributed by atoms with E-state index in [0.29, 0.717) is 28.5 Å². The minimum Gasteiger partial charge on any atom is -0.507 e. The minimum absolute atomic E-state index is 0.0331. The highest BCUT2D eigenvalue weighted by molar-refractivity contribution is 6.02. The Labute approximate surface area is 217 Å². The highest BCUT2D eigenvalue weighted by Crippen LogP contribution is 2.38. The number of phenols is 1. The Balaban J connectivity index is 1.56. The molecule has 0 spiro atoms. The van der Waals surface area contributed by atoms with Crippen molar-refractivity contribution in [2.24, 2.45) is 0 Å². The zero-order valence-electron chi connectivity index (χ0n) is 19.8. The van der Waals surface area contributed by atoms with Crippen LogP contribution in [0.2, 0.25) is 0 Å². The number of phenolic OH excluding ortho intramolecular Hbond substituents is 1. The van der Waals surface area contributed by atoms with E-state index < -0.39 is 41.4 Å². The molecule has 0 heterocycles. The van der Waals surface area contributed by atoms with E-state index in [0.717, 1.165) is 0 Å². The van der Waals surface area contributed by atoms with E-state index in [2.05, 4.69) is 5.32 Å². The van der Waals surface area contributed by atoms with Crippen LogP contribution in [0.1, 0.15) is 27.0 Å². The van der Waals surface area contributed by atoms with Crippen molar-refractivity contribution in [2.75, 3.05) is 0 Å². The first kappa shape index (κ1) is 27.5. The molecule has 1 amide bonds. The first-order chi connectivity index (χ1) is 18.2. The van der Waals surface area contributed by atoms with Crippen molar-refractivity contribution < 1.29 is 46.1 Å². The molecule has 0 unspecified atom stereocenters. The molecular weight excluding hydrogens is 528 g/mol. The number of hydrogen-bond acceptors (Lipinski definition) is 3. The molecule has 0 bridgehead atoms. The van der Waals surface area contributed by atoms with Gasteiger partial charge in [-0.3, -0.25) is 4.79 Å². The van der Waals surface area contributed by atoms with Crippen LogP contribution in [-0.4, -0.2) is 28.1 Å². The van der Waals surface area contributed by atoms with E-state index >= 15 is 0 Å². The van der Waals surface area contributed by atoms with Crippen LogP contribution in [0, 0.1) is 0 Å². The molecule has 3 N–H and O–H groups in total. The molecule has 4 rings (SSSR count). The Morgan fingerprint density at radius 2 is 1.28 bits per heavy atom. The third-order valence-electron chi connectivity index (χ3n) is 6.03. The van der Waals surface area contributed by atoms with Crippen LogP contribution in [0.3, 0.4) is 0 Å². The number of nitrogens with one attached hydrogen (secondary N) is 1. The van der Waals surface area contributed by atoms with Crippen LogP contribution in [0.15, 0.2) is 78.9 Å². The third-order valence-corrected chi connectivity index (χ3v) is 6.03. The predicted molar refractivity (Wildman–Crippen MR) is 130 cm³/mol. The molecular formula is C28H19F6NO4. The Hall–Kier alpha value is -4.54. The molecule has 5 nitrogen and oxygen atoms in total. The Kier molecular flexibility index (Phi) is 7.27. The molecule has 0 radical (unpaired) electrons. The summed E-state index contributed by atoms with van der Waals surface area (Å²) in [6.45, 7) is 0.